The number of amides is 1. The van der Waals surface area contributed by atoms with Crippen molar-refractivity contribution in [3.63, 3.8) is 0 Å². The Morgan fingerprint density at radius 2 is 1.92 bits per heavy atom. The largest absolute Gasteiger partial charge is 0.495 e. The molecule has 0 bridgehead atoms. The van der Waals surface area contributed by atoms with Crippen LogP contribution in [0.25, 0.3) is 0 Å². The highest BCUT2D eigenvalue weighted by Gasteiger charge is 2.14. The third-order valence-electron chi connectivity index (χ3n) is 3.65. The minimum atomic E-state index is -0.153. The van der Waals surface area contributed by atoms with Crippen LogP contribution in [0, 0.1) is 6.92 Å². The third-order valence-corrected chi connectivity index (χ3v) is 4.01. The molecule has 2 aromatic carbocycles. The number of methoxy groups -OCH3 is 1. The number of thiocarbonyl (C=S) groups is 1. The minimum absolute atomic E-state index is 0.153. The van der Waals surface area contributed by atoms with E-state index in [0.717, 1.165) is 11.3 Å². The number of anilines is 2. The van der Waals surface area contributed by atoms with Crippen molar-refractivity contribution in [2.45, 2.75) is 13.8 Å². The number of nitrogens with one attached hydrogen (secondary N) is 2. The number of carbonyl (C=O) groups is 1. The topological polar surface area (TPSA) is 53.6 Å². The van der Waals surface area contributed by atoms with Gasteiger partial charge in [-0.1, -0.05) is 24.3 Å². The summed E-state index contributed by atoms with van der Waals surface area (Å²) in [6, 6.07) is 15.2. The number of carbonyl (C=O) groups excluding carboxylic acids is 1. The normalized spacial score (nSPS) is 10.0. The molecule has 0 spiro atoms. The van der Waals surface area contributed by atoms with Crippen molar-refractivity contribution in [2.24, 2.45) is 0 Å². The summed E-state index contributed by atoms with van der Waals surface area (Å²) < 4.78 is 5.25. The maximum Gasteiger partial charge on any atom is 0.244 e. The van der Waals surface area contributed by atoms with E-state index < -0.39 is 0 Å². The number of hydrogen-bond acceptors (Lipinski definition) is 3. The van der Waals surface area contributed by atoms with E-state index in [9.17, 15) is 4.79 Å². The van der Waals surface area contributed by atoms with Crippen LogP contribution in [0.2, 0.25) is 0 Å². The zero-order chi connectivity index (χ0) is 18.2. The van der Waals surface area contributed by atoms with Gasteiger partial charge in [0, 0.05) is 12.2 Å². The molecule has 0 fully saturated rings. The second-order valence-corrected chi connectivity index (χ2v) is 5.95. The summed E-state index contributed by atoms with van der Waals surface area (Å²) in [6.45, 7) is 4.76. The van der Waals surface area contributed by atoms with Crippen molar-refractivity contribution in [1.82, 2.24) is 4.90 Å². The molecular weight excluding hydrogens is 334 g/mol. The maximum atomic E-state index is 12.4. The van der Waals surface area contributed by atoms with E-state index in [1.165, 1.54) is 0 Å². The zero-order valence-electron chi connectivity index (χ0n) is 14.7. The van der Waals surface area contributed by atoms with Crippen LogP contribution in [0.5, 0.6) is 5.75 Å². The molecule has 6 heteroatoms. The Morgan fingerprint density at radius 3 is 2.60 bits per heavy atom. The first kappa shape index (κ1) is 18.7. The molecule has 25 heavy (non-hydrogen) atoms. The number of rotatable bonds is 6. The van der Waals surface area contributed by atoms with Crippen molar-refractivity contribution in [1.29, 1.82) is 0 Å². The summed E-state index contributed by atoms with van der Waals surface area (Å²) in [5.41, 5.74) is 2.70. The molecule has 0 saturated carbocycles. The Balaban J connectivity index is 1.98. The molecule has 0 aliphatic rings. The molecule has 0 saturated heterocycles. The van der Waals surface area contributed by atoms with Crippen LogP contribution in [0.4, 0.5) is 11.4 Å². The van der Waals surface area contributed by atoms with Gasteiger partial charge in [-0.05, 0) is 55.9 Å². The van der Waals surface area contributed by atoms with Crippen LogP contribution in [0.1, 0.15) is 12.5 Å². The predicted molar refractivity (Wildman–Crippen MR) is 106 cm³/mol. The van der Waals surface area contributed by atoms with Crippen molar-refractivity contribution < 1.29 is 9.53 Å². The average molecular weight is 357 g/mol. The first-order valence-electron chi connectivity index (χ1n) is 8.09. The quantitative estimate of drug-likeness (QED) is 0.773. The molecule has 1 amide bonds. The molecule has 0 unspecified atom stereocenters. The Hall–Kier alpha value is -2.60. The Morgan fingerprint density at radius 1 is 1.16 bits per heavy atom. The van der Waals surface area contributed by atoms with Gasteiger partial charge in [0.25, 0.3) is 0 Å². The maximum absolute atomic E-state index is 12.4. The monoisotopic (exact) mass is 357 g/mol. The first-order chi connectivity index (χ1) is 12.0. The summed E-state index contributed by atoms with van der Waals surface area (Å²) in [4.78, 5) is 14.2. The van der Waals surface area contributed by atoms with Crippen molar-refractivity contribution in [3.8, 4) is 5.75 Å². The number of hydrogen-bond donors (Lipinski definition) is 2. The average Bonchev–Trinajstić information content (AvgIpc) is 2.60. The minimum Gasteiger partial charge on any atom is -0.495 e. The Kier molecular flexibility index (Phi) is 6.77. The highest BCUT2D eigenvalue weighted by atomic mass is 32.1. The lowest BCUT2D eigenvalue weighted by Crippen LogP contribution is -2.40. The number of aryl methyl sites for hydroxylation is 1. The molecule has 2 aromatic rings. The lowest BCUT2D eigenvalue weighted by molar-refractivity contribution is -0.116. The fourth-order valence-corrected chi connectivity index (χ4v) is 2.68. The van der Waals surface area contributed by atoms with E-state index in [-0.39, 0.29) is 12.5 Å². The molecule has 5 nitrogen and oxygen atoms in total. The summed E-state index contributed by atoms with van der Waals surface area (Å²) in [7, 11) is 1.57. The van der Waals surface area contributed by atoms with Gasteiger partial charge in [-0.3, -0.25) is 4.79 Å². The summed E-state index contributed by atoms with van der Waals surface area (Å²) in [6.07, 6.45) is 0. The zero-order valence-corrected chi connectivity index (χ0v) is 15.5. The standard InChI is InChI=1S/C19H23N3O2S/c1-4-22(19(25)20-15-9-7-8-14(2)12-15)13-18(23)21-16-10-5-6-11-17(16)24-3/h5-12H,4,13H2,1-3H3,(H,20,25)(H,21,23). The van der Waals surface area contributed by atoms with Gasteiger partial charge in [0.05, 0.1) is 19.3 Å². The van der Waals surface area contributed by atoms with Crippen LogP contribution in [-0.4, -0.2) is 36.1 Å². The third kappa shape index (κ3) is 5.46. The van der Waals surface area contributed by atoms with Crippen LogP contribution >= 0.6 is 12.2 Å². The van der Waals surface area contributed by atoms with E-state index in [2.05, 4.69) is 10.6 Å². The molecule has 0 heterocycles. The van der Waals surface area contributed by atoms with Gasteiger partial charge in [0.15, 0.2) is 5.11 Å². The van der Waals surface area contributed by atoms with Gasteiger partial charge in [-0.25, -0.2) is 0 Å². The number of benzene rings is 2. The molecule has 0 aromatic heterocycles. The summed E-state index contributed by atoms with van der Waals surface area (Å²) >= 11 is 5.44. The molecular formula is C19H23N3O2S. The summed E-state index contributed by atoms with van der Waals surface area (Å²) in [5.74, 6) is 0.471. The molecule has 2 rings (SSSR count). The molecule has 0 atom stereocenters. The number of ether oxygens (including phenoxy) is 1. The highest BCUT2D eigenvalue weighted by Crippen LogP contribution is 2.22. The van der Waals surface area contributed by atoms with E-state index in [4.69, 9.17) is 17.0 Å². The van der Waals surface area contributed by atoms with Crippen molar-refractivity contribution >= 4 is 34.6 Å². The molecule has 132 valence electrons. The molecule has 2 N–H and O–H groups in total. The van der Waals surface area contributed by atoms with E-state index in [0.29, 0.717) is 23.1 Å². The van der Waals surface area contributed by atoms with Gasteiger partial charge in [-0.2, -0.15) is 0 Å². The van der Waals surface area contributed by atoms with Crippen LogP contribution in [0.3, 0.4) is 0 Å². The fourth-order valence-electron chi connectivity index (χ4n) is 2.36. The SMILES string of the molecule is CCN(CC(=O)Nc1ccccc1OC)C(=S)Nc1cccc(C)c1. The van der Waals surface area contributed by atoms with E-state index in [1.807, 2.05) is 55.1 Å². The predicted octanol–water partition coefficient (Wildman–Crippen LogP) is 3.66. The van der Waals surface area contributed by atoms with Gasteiger partial charge < -0.3 is 20.3 Å². The Bertz CT molecular complexity index is 749. The van der Waals surface area contributed by atoms with Crippen LogP contribution in [-0.2, 0) is 4.79 Å². The Labute approximate surface area is 154 Å². The summed E-state index contributed by atoms with van der Waals surface area (Å²) in [5, 5.41) is 6.56. The number of likely N-dealkylation sites (N-methyl/N-ethyl adjacent to an activating group) is 1. The van der Waals surface area contributed by atoms with E-state index in [1.54, 1.807) is 19.2 Å². The molecule has 0 radical (unpaired) electrons. The second-order valence-electron chi connectivity index (χ2n) is 5.56. The van der Waals surface area contributed by atoms with Gasteiger partial charge >= 0.3 is 0 Å². The smallest absolute Gasteiger partial charge is 0.244 e. The van der Waals surface area contributed by atoms with Gasteiger partial charge in [-0.15, -0.1) is 0 Å². The van der Waals surface area contributed by atoms with Gasteiger partial charge in [0.1, 0.15) is 5.75 Å². The lowest BCUT2D eigenvalue weighted by atomic mass is 10.2. The molecule has 0 aliphatic heterocycles. The highest BCUT2D eigenvalue weighted by molar-refractivity contribution is 7.80. The van der Waals surface area contributed by atoms with Crippen LogP contribution in [0.15, 0.2) is 48.5 Å². The number of nitrogens with zero attached hydrogens (tertiary/aromatic N) is 1. The van der Waals surface area contributed by atoms with Crippen molar-refractivity contribution in [3.05, 3.63) is 54.1 Å². The first-order valence-corrected chi connectivity index (χ1v) is 8.49. The van der Waals surface area contributed by atoms with Crippen LogP contribution < -0.4 is 15.4 Å². The number of para-hydroxylation sites is 2. The molecule has 0 aliphatic carbocycles. The van der Waals surface area contributed by atoms with Crippen molar-refractivity contribution in [2.75, 3.05) is 30.8 Å². The second kappa shape index (κ2) is 9.03. The lowest BCUT2D eigenvalue weighted by Gasteiger charge is -2.24. The fraction of sp³-hybridized carbons (Fsp3) is 0.263. The van der Waals surface area contributed by atoms with Gasteiger partial charge in [0.2, 0.25) is 5.91 Å². The van der Waals surface area contributed by atoms with E-state index >= 15 is 0 Å².